The van der Waals surface area contributed by atoms with Crippen LogP contribution in [0.4, 0.5) is 5.69 Å². The predicted molar refractivity (Wildman–Crippen MR) is 73.4 cm³/mol. The average molecular weight is 303 g/mol. The van der Waals surface area contributed by atoms with Crippen molar-refractivity contribution < 1.29 is 18.1 Å². The molecule has 1 aromatic rings. The van der Waals surface area contributed by atoms with Crippen LogP contribution in [-0.4, -0.2) is 40.6 Å². The lowest BCUT2D eigenvalue weighted by Crippen LogP contribution is -2.26. The number of nitrogens with zero attached hydrogens (tertiary/aromatic N) is 1. The van der Waals surface area contributed by atoms with Crippen molar-refractivity contribution in [2.75, 3.05) is 27.2 Å². The van der Waals surface area contributed by atoms with Crippen LogP contribution in [0.25, 0.3) is 0 Å². The summed E-state index contributed by atoms with van der Waals surface area (Å²) in [6.07, 6.45) is 0.639. The summed E-state index contributed by atoms with van der Waals surface area (Å²) in [4.78, 5) is 10.0. The van der Waals surface area contributed by atoms with Crippen LogP contribution in [0, 0.1) is 10.1 Å². The van der Waals surface area contributed by atoms with Crippen LogP contribution >= 0.6 is 0 Å². The standard InChI is InChI=1S/C11H17N3O5S/c1-12-6-3-7-13-20(17,18)9-4-5-10(14(15)16)11(8-9)19-2/h4-5,8,12-13H,3,6-7H2,1-2H3. The van der Waals surface area contributed by atoms with E-state index in [1.54, 1.807) is 7.05 Å². The van der Waals surface area contributed by atoms with E-state index in [9.17, 15) is 18.5 Å². The molecule has 0 saturated heterocycles. The number of ether oxygens (including phenoxy) is 1. The van der Waals surface area contributed by atoms with E-state index in [4.69, 9.17) is 4.74 Å². The predicted octanol–water partition coefficient (Wildman–Crippen LogP) is 0.491. The highest BCUT2D eigenvalue weighted by atomic mass is 32.2. The quantitative estimate of drug-likeness (QED) is 0.411. The van der Waals surface area contributed by atoms with Gasteiger partial charge < -0.3 is 10.1 Å². The maximum atomic E-state index is 12.0. The lowest BCUT2D eigenvalue weighted by atomic mass is 10.3. The second-order valence-electron chi connectivity index (χ2n) is 3.95. The topological polar surface area (TPSA) is 111 Å². The SMILES string of the molecule is CNCCCNS(=O)(=O)c1ccc([N+](=O)[O-])c(OC)c1. The molecule has 0 radical (unpaired) electrons. The molecule has 0 heterocycles. The van der Waals surface area contributed by atoms with Gasteiger partial charge in [-0.2, -0.15) is 0 Å². The largest absolute Gasteiger partial charge is 0.490 e. The summed E-state index contributed by atoms with van der Waals surface area (Å²) >= 11 is 0. The van der Waals surface area contributed by atoms with Crippen molar-refractivity contribution >= 4 is 15.7 Å². The van der Waals surface area contributed by atoms with Gasteiger partial charge in [0, 0.05) is 18.7 Å². The van der Waals surface area contributed by atoms with Crippen LogP contribution in [0.15, 0.2) is 23.1 Å². The van der Waals surface area contributed by atoms with Crippen molar-refractivity contribution in [1.82, 2.24) is 10.0 Å². The van der Waals surface area contributed by atoms with E-state index in [0.717, 1.165) is 12.1 Å². The van der Waals surface area contributed by atoms with Gasteiger partial charge in [-0.15, -0.1) is 0 Å². The molecule has 0 spiro atoms. The van der Waals surface area contributed by atoms with Crippen LogP contribution in [0.5, 0.6) is 5.75 Å². The number of hydrogen-bond acceptors (Lipinski definition) is 6. The van der Waals surface area contributed by atoms with E-state index < -0.39 is 14.9 Å². The average Bonchev–Trinajstić information content (AvgIpc) is 2.42. The van der Waals surface area contributed by atoms with E-state index in [2.05, 4.69) is 10.0 Å². The number of benzene rings is 1. The van der Waals surface area contributed by atoms with Gasteiger partial charge in [0.1, 0.15) is 0 Å². The van der Waals surface area contributed by atoms with Gasteiger partial charge in [0.15, 0.2) is 5.75 Å². The van der Waals surface area contributed by atoms with Crippen molar-refractivity contribution in [3.63, 3.8) is 0 Å². The van der Waals surface area contributed by atoms with Gasteiger partial charge in [-0.05, 0) is 26.1 Å². The summed E-state index contributed by atoms with van der Waals surface area (Å²) in [5.41, 5.74) is -0.276. The second kappa shape index (κ2) is 7.17. The monoisotopic (exact) mass is 303 g/mol. The Labute approximate surface area is 117 Å². The minimum Gasteiger partial charge on any atom is -0.490 e. The first-order valence-electron chi connectivity index (χ1n) is 5.89. The number of methoxy groups -OCH3 is 1. The molecule has 0 atom stereocenters. The molecular weight excluding hydrogens is 286 g/mol. The van der Waals surface area contributed by atoms with Gasteiger partial charge in [-0.1, -0.05) is 0 Å². The summed E-state index contributed by atoms with van der Waals surface area (Å²) < 4.78 is 31.2. The molecular formula is C11H17N3O5S. The second-order valence-corrected chi connectivity index (χ2v) is 5.71. The fourth-order valence-corrected chi connectivity index (χ4v) is 2.62. The number of nitro groups is 1. The fourth-order valence-electron chi connectivity index (χ4n) is 1.53. The molecule has 0 saturated carbocycles. The van der Waals surface area contributed by atoms with E-state index in [0.29, 0.717) is 13.0 Å². The van der Waals surface area contributed by atoms with E-state index in [1.165, 1.54) is 13.2 Å². The number of sulfonamides is 1. The highest BCUT2D eigenvalue weighted by Crippen LogP contribution is 2.29. The molecule has 112 valence electrons. The van der Waals surface area contributed by atoms with Crippen LogP contribution in [0.3, 0.4) is 0 Å². The van der Waals surface area contributed by atoms with E-state index in [-0.39, 0.29) is 22.9 Å². The summed E-state index contributed by atoms with van der Waals surface area (Å²) in [6, 6.07) is 3.43. The van der Waals surface area contributed by atoms with Crippen LogP contribution in [0.1, 0.15) is 6.42 Å². The minimum atomic E-state index is -3.70. The Kier molecular flexibility index (Phi) is 5.86. The van der Waals surface area contributed by atoms with Gasteiger partial charge in [0.2, 0.25) is 10.0 Å². The molecule has 20 heavy (non-hydrogen) atoms. The van der Waals surface area contributed by atoms with Crippen molar-refractivity contribution in [2.24, 2.45) is 0 Å². The molecule has 2 N–H and O–H groups in total. The Morgan fingerprint density at radius 3 is 2.60 bits per heavy atom. The van der Waals surface area contributed by atoms with E-state index in [1.807, 2.05) is 0 Å². The Hall–Kier alpha value is -1.71. The van der Waals surface area contributed by atoms with E-state index >= 15 is 0 Å². The van der Waals surface area contributed by atoms with Gasteiger partial charge in [0.25, 0.3) is 0 Å². The summed E-state index contributed by atoms with van der Waals surface area (Å²) in [5.74, 6) is -0.0897. The minimum absolute atomic E-state index is 0.0654. The lowest BCUT2D eigenvalue weighted by Gasteiger charge is -2.08. The Morgan fingerprint density at radius 2 is 2.05 bits per heavy atom. The van der Waals surface area contributed by atoms with Gasteiger partial charge in [-0.3, -0.25) is 10.1 Å². The maximum Gasteiger partial charge on any atom is 0.310 e. The highest BCUT2D eigenvalue weighted by molar-refractivity contribution is 7.89. The smallest absolute Gasteiger partial charge is 0.310 e. The maximum absolute atomic E-state index is 12.0. The molecule has 8 nitrogen and oxygen atoms in total. The zero-order chi connectivity index (χ0) is 15.2. The van der Waals surface area contributed by atoms with Gasteiger partial charge in [0.05, 0.1) is 16.9 Å². The van der Waals surface area contributed by atoms with Crippen LogP contribution < -0.4 is 14.8 Å². The molecule has 0 aliphatic heterocycles. The molecule has 0 unspecified atom stereocenters. The Balaban J connectivity index is 2.93. The molecule has 1 aromatic carbocycles. The first-order valence-corrected chi connectivity index (χ1v) is 7.37. The third-order valence-corrected chi connectivity index (χ3v) is 4.01. The van der Waals surface area contributed by atoms with Crippen molar-refractivity contribution in [3.8, 4) is 5.75 Å². The summed E-state index contributed by atoms with van der Waals surface area (Å²) in [5, 5.41) is 13.6. The molecule has 0 fully saturated rings. The molecule has 0 aliphatic rings. The third-order valence-electron chi connectivity index (χ3n) is 2.55. The van der Waals surface area contributed by atoms with Crippen molar-refractivity contribution in [3.05, 3.63) is 28.3 Å². The van der Waals surface area contributed by atoms with Crippen LogP contribution in [-0.2, 0) is 10.0 Å². The third kappa shape index (κ3) is 4.15. The molecule has 0 bridgehead atoms. The molecule has 1 rings (SSSR count). The molecule has 0 aromatic heterocycles. The summed E-state index contributed by atoms with van der Waals surface area (Å²) in [7, 11) is -0.674. The first kappa shape index (κ1) is 16.3. The summed E-state index contributed by atoms with van der Waals surface area (Å²) in [6.45, 7) is 0.967. The van der Waals surface area contributed by atoms with Crippen molar-refractivity contribution in [1.29, 1.82) is 0 Å². The lowest BCUT2D eigenvalue weighted by molar-refractivity contribution is -0.385. The molecule has 0 aliphatic carbocycles. The number of nitrogens with one attached hydrogen (secondary N) is 2. The normalized spacial score (nSPS) is 11.3. The zero-order valence-corrected chi connectivity index (χ0v) is 12.1. The zero-order valence-electron chi connectivity index (χ0n) is 11.3. The molecule has 9 heteroatoms. The Morgan fingerprint density at radius 1 is 1.35 bits per heavy atom. The highest BCUT2D eigenvalue weighted by Gasteiger charge is 2.20. The van der Waals surface area contributed by atoms with Crippen molar-refractivity contribution in [2.45, 2.75) is 11.3 Å². The number of nitro benzene ring substituents is 1. The first-order chi connectivity index (χ1) is 9.42. The molecule has 0 amide bonds. The fraction of sp³-hybridized carbons (Fsp3) is 0.455. The Bertz CT molecular complexity index is 573. The number of hydrogen-bond donors (Lipinski definition) is 2. The van der Waals surface area contributed by atoms with Gasteiger partial charge in [-0.25, -0.2) is 13.1 Å². The van der Waals surface area contributed by atoms with Gasteiger partial charge >= 0.3 is 5.69 Å². The van der Waals surface area contributed by atoms with Crippen LogP contribution in [0.2, 0.25) is 0 Å². The number of rotatable bonds is 8.